The van der Waals surface area contributed by atoms with Crippen LogP contribution in [0.2, 0.25) is 0 Å². The molecule has 0 saturated carbocycles. The SMILES string of the molecule is O=C(O)CC(O)(CC(=O)OC(=O)CCCCC(=O)OC(=O)CC(O)(CC(=O)O)C(=O)O)C(=O)O. The number of aliphatic carboxylic acids is 4. The number of carboxylic acid groups (broad SMARTS) is 4. The van der Waals surface area contributed by atoms with Gasteiger partial charge in [0.1, 0.15) is 0 Å². The van der Waals surface area contributed by atoms with Crippen molar-refractivity contribution in [1.82, 2.24) is 0 Å². The molecule has 0 bridgehead atoms. The maximum atomic E-state index is 11.6. The van der Waals surface area contributed by atoms with Gasteiger partial charge in [-0.2, -0.15) is 0 Å². The van der Waals surface area contributed by atoms with E-state index in [0.717, 1.165) is 0 Å². The van der Waals surface area contributed by atoms with Gasteiger partial charge in [0, 0.05) is 12.8 Å². The molecular formula is C18H22O16. The van der Waals surface area contributed by atoms with Gasteiger partial charge in [0.25, 0.3) is 0 Å². The molecule has 0 aliphatic carbocycles. The lowest BCUT2D eigenvalue weighted by Crippen LogP contribution is -2.43. The quantitative estimate of drug-likeness (QED) is 0.0819. The van der Waals surface area contributed by atoms with Crippen molar-refractivity contribution in [3.8, 4) is 0 Å². The van der Waals surface area contributed by atoms with Crippen LogP contribution in [0.5, 0.6) is 0 Å². The number of carbonyl (C=O) groups excluding carboxylic acids is 4. The van der Waals surface area contributed by atoms with Gasteiger partial charge in [-0.05, 0) is 12.8 Å². The van der Waals surface area contributed by atoms with Crippen molar-refractivity contribution in [1.29, 1.82) is 0 Å². The fourth-order valence-electron chi connectivity index (χ4n) is 2.37. The summed E-state index contributed by atoms with van der Waals surface area (Å²) in [6.45, 7) is 0. The maximum Gasteiger partial charge on any atom is 0.336 e. The summed E-state index contributed by atoms with van der Waals surface area (Å²) in [6.07, 6.45) is -6.46. The van der Waals surface area contributed by atoms with Crippen LogP contribution >= 0.6 is 0 Å². The predicted molar refractivity (Wildman–Crippen MR) is 99.6 cm³/mol. The van der Waals surface area contributed by atoms with E-state index in [4.69, 9.17) is 20.4 Å². The Morgan fingerprint density at radius 3 is 1.03 bits per heavy atom. The van der Waals surface area contributed by atoms with Gasteiger partial charge in [0.15, 0.2) is 11.2 Å². The molecule has 0 spiro atoms. The summed E-state index contributed by atoms with van der Waals surface area (Å²) in [6, 6.07) is 0. The van der Waals surface area contributed by atoms with Gasteiger partial charge in [-0.25, -0.2) is 9.59 Å². The number of ether oxygens (including phenoxy) is 2. The molecule has 0 saturated heterocycles. The molecule has 0 aromatic rings. The third-order valence-corrected chi connectivity index (χ3v) is 4.02. The van der Waals surface area contributed by atoms with Crippen LogP contribution in [0, 0.1) is 0 Å². The molecular weight excluding hydrogens is 472 g/mol. The van der Waals surface area contributed by atoms with Crippen molar-refractivity contribution in [2.24, 2.45) is 0 Å². The van der Waals surface area contributed by atoms with E-state index in [2.05, 4.69) is 9.47 Å². The molecule has 6 N–H and O–H groups in total. The number of carboxylic acids is 4. The zero-order chi connectivity index (χ0) is 26.7. The molecule has 0 aromatic heterocycles. The Morgan fingerprint density at radius 1 is 0.500 bits per heavy atom. The fourth-order valence-corrected chi connectivity index (χ4v) is 2.37. The Labute approximate surface area is 189 Å². The van der Waals surface area contributed by atoms with Crippen LogP contribution in [-0.4, -0.2) is 89.6 Å². The van der Waals surface area contributed by atoms with Crippen LogP contribution in [0.25, 0.3) is 0 Å². The van der Waals surface area contributed by atoms with Crippen molar-refractivity contribution in [3.63, 3.8) is 0 Å². The summed E-state index contributed by atoms with van der Waals surface area (Å²) in [4.78, 5) is 89.4. The van der Waals surface area contributed by atoms with Gasteiger partial charge < -0.3 is 40.1 Å². The highest BCUT2D eigenvalue weighted by molar-refractivity contribution is 5.93. The Hall–Kier alpha value is -3.92. The lowest BCUT2D eigenvalue weighted by molar-refractivity contribution is -0.175. The lowest BCUT2D eigenvalue weighted by atomic mass is 9.96. The summed E-state index contributed by atoms with van der Waals surface area (Å²) < 4.78 is 8.53. The van der Waals surface area contributed by atoms with Crippen molar-refractivity contribution >= 4 is 47.8 Å². The van der Waals surface area contributed by atoms with E-state index in [9.17, 15) is 48.6 Å². The van der Waals surface area contributed by atoms with Crippen LogP contribution in [-0.2, 0) is 47.8 Å². The van der Waals surface area contributed by atoms with Crippen molar-refractivity contribution in [3.05, 3.63) is 0 Å². The molecule has 2 atom stereocenters. The van der Waals surface area contributed by atoms with E-state index < -0.39 is 97.5 Å². The summed E-state index contributed by atoms with van der Waals surface area (Å²) in [5.74, 6) is -12.8. The third kappa shape index (κ3) is 11.1. The number of carbonyl (C=O) groups is 8. The molecule has 0 rings (SSSR count). The van der Waals surface area contributed by atoms with Gasteiger partial charge in [0.05, 0.1) is 25.7 Å². The van der Waals surface area contributed by atoms with Gasteiger partial charge in [-0.15, -0.1) is 0 Å². The van der Waals surface area contributed by atoms with E-state index >= 15 is 0 Å². The fraction of sp³-hybridized carbons (Fsp3) is 0.556. The number of unbranched alkanes of at least 4 members (excludes halogenated alkanes) is 1. The molecule has 0 fully saturated rings. The average molecular weight is 494 g/mol. The van der Waals surface area contributed by atoms with E-state index in [-0.39, 0.29) is 12.8 Å². The second kappa shape index (κ2) is 12.9. The number of esters is 4. The van der Waals surface area contributed by atoms with Crippen LogP contribution in [0.3, 0.4) is 0 Å². The first kappa shape index (κ1) is 30.1. The molecule has 34 heavy (non-hydrogen) atoms. The van der Waals surface area contributed by atoms with Crippen LogP contribution in [0.1, 0.15) is 51.4 Å². The van der Waals surface area contributed by atoms with Crippen LogP contribution < -0.4 is 0 Å². The second-order valence-corrected chi connectivity index (χ2v) is 7.07. The van der Waals surface area contributed by atoms with Gasteiger partial charge in [-0.3, -0.25) is 28.8 Å². The zero-order valence-corrected chi connectivity index (χ0v) is 17.4. The van der Waals surface area contributed by atoms with E-state index in [1.165, 1.54) is 0 Å². The van der Waals surface area contributed by atoms with Gasteiger partial charge >= 0.3 is 47.8 Å². The van der Waals surface area contributed by atoms with E-state index in [0.29, 0.717) is 0 Å². The van der Waals surface area contributed by atoms with Crippen LogP contribution in [0.4, 0.5) is 0 Å². The minimum atomic E-state index is -2.99. The molecule has 0 aliphatic heterocycles. The van der Waals surface area contributed by atoms with Gasteiger partial charge in [0.2, 0.25) is 0 Å². The zero-order valence-electron chi connectivity index (χ0n) is 17.4. The molecule has 16 nitrogen and oxygen atoms in total. The summed E-state index contributed by atoms with van der Waals surface area (Å²) >= 11 is 0. The summed E-state index contributed by atoms with van der Waals surface area (Å²) in [5, 5.41) is 54.2. The molecule has 0 amide bonds. The topological polar surface area (TPSA) is 276 Å². The molecule has 0 heterocycles. The molecule has 2 unspecified atom stereocenters. The minimum absolute atomic E-state index is 0.105. The summed E-state index contributed by atoms with van der Waals surface area (Å²) in [5.41, 5.74) is -5.98. The first-order chi connectivity index (χ1) is 15.5. The highest BCUT2D eigenvalue weighted by Gasteiger charge is 2.42. The first-order valence-corrected chi connectivity index (χ1v) is 9.33. The predicted octanol–water partition coefficient (Wildman–Crippen LogP) is -1.95. The van der Waals surface area contributed by atoms with E-state index in [1.807, 2.05) is 0 Å². The Morgan fingerprint density at radius 2 is 0.794 bits per heavy atom. The first-order valence-electron chi connectivity index (χ1n) is 9.33. The number of aliphatic hydroxyl groups is 2. The summed E-state index contributed by atoms with van der Waals surface area (Å²) in [7, 11) is 0. The molecule has 190 valence electrons. The van der Waals surface area contributed by atoms with Crippen molar-refractivity contribution in [2.75, 3.05) is 0 Å². The van der Waals surface area contributed by atoms with Gasteiger partial charge in [-0.1, -0.05) is 0 Å². The van der Waals surface area contributed by atoms with E-state index in [1.54, 1.807) is 0 Å². The normalized spacial score (nSPS) is 14.1. The highest BCUT2D eigenvalue weighted by Crippen LogP contribution is 2.18. The lowest BCUT2D eigenvalue weighted by Gasteiger charge is -2.19. The number of rotatable bonds is 15. The Balaban J connectivity index is 4.46. The Bertz CT molecular complexity index is 790. The molecule has 16 heteroatoms. The number of hydrogen-bond donors (Lipinski definition) is 6. The largest absolute Gasteiger partial charge is 0.481 e. The highest BCUT2D eigenvalue weighted by atomic mass is 16.6. The third-order valence-electron chi connectivity index (χ3n) is 4.02. The standard InChI is InChI=1S/C18H22O16/c19-9(20)5-17(31,15(27)28)7-13(25)33-11(23)3-1-2-4-12(24)34-14(26)8-18(32,16(29)30)6-10(21)22/h31-32H,1-8H2,(H,19,20)(H,21,22)(H,27,28)(H,29,30). The number of hydrogen-bond acceptors (Lipinski definition) is 12. The second-order valence-electron chi connectivity index (χ2n) is 7.07. The molecule has 0 aromatic carbocycles. The van der Waals surface area contributed by atoms with Crippen molar-refractivity contribution < 1.29 is 78.5 Å². The monoisotopic (exact) mass is 494 g/mol. The van der Waals surface area contributed by atoms with Crippen LogP contribution in [0.15, 0.2) is 0 Å². The minimum Gasteiger partial charge on any atom is -0.481 e. The average Bonchev–Trinajstić information content (AvgIpc) is 2.63. The molecule has 0 aliphatic rings. The Kier molecular flexibility index (Phi) is 11.5. The van der Waals surface area contributed by atoms with Crippen molar-refractivity contribution in [2.45, 2.75) is 62.6 Å². The molecule has 0 radical (unpaired) electrons. The maximum absolute atomic E-state index is 11.6. The smallest absolute Gasteiger partial charge is 0.336 e.